The van der Waals surface area contributed by atoms with Crippen LogP contribution in [0.15, 0.2) is 60.7 Å². The number of hydrogen-bond donors (Lipinski definition) is 1. The molecular weight excluding hydrogens is 320 g/mol. The minimum absolute atomic E-state index is 0.698. The van der Waals surface area contributed by atoms with Gasteiger partial charge in [0.15, 0.2) is 0 Å². The molecule has 0 aliphatic carbocycles. The molecule has 0 aromatic heterocycles. The summed E-state index contributed by atoms with van der Waals surface area (Å²) in [5.41, 5.74) is 6.35. The second-order valence-electron chi connectivity index (χ2n) is 7.64. The molecule has 0 spiro atoms. The Labute approximate surface area is 158 Å². The van der Waals surface area contributed by atoms with E-state index in [0.717, 1.165) is 26.2 Å². The van der Waals surface area contributed by atoms with E-state index in [0.29, 0.717) is 5.92 Å². The van der Waals surface area contributed by atoms with Gasteiger partial charge in [0.2, 0.25) is 0 Å². The van der Waals surface area contributed by atoms with Crippen molar-refractivity contribution in [3.8, 4) is 0 Å². The Morgan fingerprint density at radius 1 is 0.846 bits per heavy atom. The summed E-state index contributed by atoms with van der Waals surface area (Å²) in [4.78, 5) is 2.28. The van der Waals surface area contributed by atoms with Gasteiger partial charge in [0.1, 0.15) is 0 Å². The monoisotopic (exact) mass is 352 g/mol. The molecule has 26 heavy (non-hydrogen) atoms. The zero-order chi connectivity index (χ0) is 18.2. The lowest BCUT2D eigenvalue weighted by atomic mass is 10.0. The molecule has 1 aliphatic rings. The number of hydrazine groups is 2. The fourth-order valence-corrected chi connectivity index (χ4v) is 3.65. The summed E-state index contributed by atoms with van der Waals surface area (Å²) in [7, 11) is 4.32. The molecule has 0 amide bonds. The van der Waals surface area contributed by atoms with E-state index < -0.39 is 0 Å². The summed E-state index contributed by atoms with van der Waals surface area (Å²) in [6.45, 7) is 5.26. The lowest BCUT2D eigenvalue weighted by Crippen LogP contribution is -2.57. The molecule has 0 atom stereocenters. The number of rotatable bonds is 8. The van der Waals surface area contributed by atoms with Crippen molar-refractivity contribution in [1.29, 1.82) is 0 Å². The van der Waals surface area contributed by atoms with Crippen molar-refractivity contribution in [2.45, 2.75) is 25.9 Å². The van der Waals surface area contributed by atoms with Crippen LogP contribution in [0.1, 0.15) is 24.0 Å². The number of benzene rings is 2. The topological polar surface area (TPSA) is 21.8 Å². The van der Waals surface area contributed by atoms with E-state index in [9.17, 15) is 0 Å². The van der Waals surface area contributed by atoms with Gasteiger partial charge in [-0.25, -0.2) is 10.0 Å². The van der Waals surface area contributed by atoms with E-state index in [4.69, 9.17) is 0 Å². The molecule has 4 nitrogen and oxygen atoms in total. The van der Waals surface area contributed by atoms with E-state index >= 15 is 0 Å². The fourth-order valence-electron chi connectivity index (χ4n) is 3.65. The Hall–Kier alpha value is -1.72. The SMILES string of the molecule is CN(C)CCCC1CN(Cc2ccccc2)NN(Cc2ccccc2)C1. The molecule has 1 N–H and O–H groups in total. The highest BCUT2D eigenvalue weighted by atomic mass is 15.8. The second kappa shape index (κ2) is 9.83. The molecule has 0 unspecified atom stereocenters. The van der Waals surface area contributed by atoms with Crippen LogP contribution in [-0.2, 0) is 13.1 Å². The largest absolute Gasteiger partial charge is 0.309 e. The molecule has 0 radical (unpaired) electrons. The van der Waals surface area contributed by atoms with Crippen LogP contribution in [0.2, 0.25) is 0 Å². The minimum atomic E-state index is 0.698. The lowest BCUT2D eigenvalue weighted by molar-refractivity contribution is -0.0563. The van der Waals surface area contributed by atoms with E-state index in [2.05, 4.69) is 95.2 Å². The van der Waals surface area contributed by atoms with E-state index in [1.54, 1.807) is 0 Å². The highest BCUT2D eigenvalue weighted by Crippen LogP contribution is 2.18. The minimum Gasteiger partial charge on any atom is -0.309 e. The predicted molar refractivity (Wildman–Crippen MR) is 108 cm³/mol. The van der Waals surface area contributed by atoms with Crippen LogP contribution in [0.5, 0.6) is 0 Å². The molecule has 0 saturated carbocycles. The van der Waals surface area contributed by atoms with Crippen LogP contribution in [0.25, 0.3) is 0 Å². The molecule has 1 fully saturated rings. The Kier molecular flexibility index (Phi) is 7.21. The van der Waals surface area contributed by atoms with Crippen molar-refractivity contribution in [1.82, 2.24) is 20.5 Å². The zero-order valence-electron chi connectivity index (χ0n) is 16.1. The fraction of sp³-hybridized carbons (Fsp3) is 0.455. The molecule has 140 valence electrons. The molecule has 2 aromatic rings. The predicted octanol–water partition coefficient (Wildman–Crippen LogP) is 3.38. The van der Waals surface area contributed by atoms with E-state index in [-0.39, 0.29) is 0 Å². The van der Waals surface area contributed by atoms with Crippen LogP contribution in [-0.4, -0.2) is 48.6 Å². The smallest absolute Gasteiger partial charge is 0.0395 e. The van der Waals surface area contributed by atoms with Gasteiger partial charge in [0.25, 0.3) is 0 Å². The van der Waals surface area contributed by atoms with Gasteiger partial charge in [-0.2, -0.15) is 5.53 Å². The number of hydrogen-bond acceptors (Lipinski definition) is 4. The Bertz CT molecular complexity index is 580. The molecular formula is C22H32N4. The average molecular weight is 353 g/mol. The van der Waals surface area contributed by atoms with Gasteiger partial charge in [0.05, 0.1) is 0 Å². The van der Waals surface area contributed by atoms with Crippen LogP contribution >= 0.6 is 0 Å². The Balaban J connectivity index is 1.62. The van der Waals surface area contributed by atoms with Crippen LogP contribution in [0, 0.1) is 5.92 Å². The summed E-state index contributed by atoms with van der Waals surface area (Å²) in [5.74, 6) is 0.698. The van der Waals surface area contributed by atoms with Crippen molar-refractivity contribution in [2.24, 2.45) is 5.92 Å². The maximum atomic E-state index is 3.64. The van der Waals surface area contributed by atoms with Gasteiger partial charge >= 0.3 is 0 Å². The molecule has 1 aliphatic heterocycles. The average Bonchev–Trinajstić information content (AvgIpc) is 2.63. The van der Waals surface area contributed by atoms with Gasteiger partial charge in [-0.3, -0.25) is 0 Å². The highest BCUT2D eigenvalue weighted by Gasteiger charge is 2.25. The van der Waals surface area contributed by atoms with Gasteiger partial charge in [-0.15, -0.1) is 0 Å². The maximum absolute atomic E-state index is 3.64. The first-order valence-corrected chi connectivity index (χ1v) is 9.68. The van der Waals surface area contributed by atoms with Crippen LogP contribution < -0.4 is 5.53 Å². The van der Waals surface area contributed by atoms with Crippen molar-refractivity contribution in [2.75, 3.05) is 33.7 Å². The summed E-state index contributed by atoms with van der Waals surface area (Å²) in [6, 6.07) is 21.5. The van der Waals surface area contributed by atoms with Gasteiger partial charge in [0, 0.05) is 26.2 Å². The third-order valence-electron chi connectivity index (χ3n) is 4.89. The summed E-state index contributed by atoms with van der Waals surface area (Å²) >= 11 is 0. The second-order valence-corrected chi connectivity index (χ2v) is 7.64. The lowest BCUT2D eigenvalue weighted by Gasteiger charge is -2.41. The third-order valence-corrected chi connectivity index (χ3v) is 4.89. The summed E-state index contributed by atoms with van der Waals surface area (Å²) in [5, 5.41) is 4.75. The van der Waals surface area contributed by atoms with Gasteiger partial charge in [-0.05, 0) is 50.5 Å². The summed E-state index contributed by atoms with van der Waals surface area (Å²) in [6.07, 6.45) is 2.53. The van der Waals surface area contributed by atoms with Crippen molar-refractivity contribution >= 4 is 0 Å². The normalized spacial score (nSPS) is 17.0. The molecule has 1 heterocycles. The Morgan fingerprint density at radius 2 is 1.35 bits per heavy atom. The molecule has 2 aromatic carbocycles. The van der Waals surface area contributed by atoms with E-state index in [1.165, 1.54) is 30.5 Å². The molecule has 0 bridgehead atoms. The van der Waals surface area contributed by atoms with Gasteiger partial charge in [-0.1, -0.05) is 60.7 Å². The van der Waals surface area contributed by atoms with E-state index in [1.807, 2.05) is 0 Å². The quantitative estimate of drug-likeness (QED) is 0.786. The van der Waals surface area contributed by atoms with Crippen molar-refractivity contribution < 1.29 is 0 Å². The maximum Gasteiger partial charge on any atom is 0.0395 e. The third kappa shape index (κ3) is 6.22. The first-order valence-electron chi connectivity index (χ1n) is 9.68. The summed E-state index contributed by atoms with van der Waals surface area (Å²) < 4.78 is 0. The van der Waals surface area contributed by atoms with Crippen molar-refractivity contribution in [3.05, 3.63) is 71.8 Å². The van der Waals surface area contributed by atoms with Crippen LogP contribution in [0.4, 0.5) is 0 Å². The first-order chi connectivity index (χ1) is 12.7. The zero-order valence-corrected chi connectivity index (χ0v) is 16.1. The number of nitrogens with one attached hydrogen (secondary N) is 1. The number of nitrogens with zero attached hydrogens (tertiary/aromatic N) is 3. The van der Waals surface area contributed by atoms with Crippen molar-refractivity contribution in [3.63, 3.8) is 0 Å². The van der Waals surface area contributed by atoms with Gasteiger partial charge < -0.3 is 4.90 Å². The molecule has 1 saturated heterocycles. The molecule has 4 heteroatoms. The highest BCUT2D eigenvalue weighted by molar-refractivity contribution is 5.15. The first kappa shape index (κ1) is 19.1. The standard InChI is InChI=1S/C22H32N4/c1-24(2)15-9-14-22-18-25(16-20-10-5-3-6-11-20)23-26(19-22)17-21-12-7-4-8-13-21/h3-8,10-13,22-23H,9,14-19H2,1-2H3. The van der Waals surface area contributed by atoms with Crippen LogP contribution in [0.3, 0.4) is 0 Å². The molecule has 3 rings (SSSR count). The Morgan fingerprint density at radius 3 is 1.81 bits per heavy atom.